The second kappa shape index (κ2) is 4.40. The van der Waals surface area contributed by atoms with E-state index in [2.05, 4.69) is 22.6 Å². The third-order valence-corrected chi connectivity index (χ3v) is 0.876. The number of hydrogen-bond donors (Lipinski definition) is 1. The Kier molecular flexibility index (Phi) is 4.75. The van der Waals surface area contributed by atoms with Crippen LogP contribution in [-0.4, -0.2) is 10.6 Å². The zero-order valence-electron chi connectivity index (χ0n) is 2.87. The molecule has 0 aromatic carbocycles. The van der Waals surface area contributed by atoms with Crippen LogP contribution in [-0.2, 0) is 0 Å². The Morgan fingerprint density at radius 1 is 1.80 bits per heavy atom. The van der Waals surface area contributed by atoms with Gasteiger partial charge in [-0.1, -0.05) is 22.6 Å². The quantitative estimate of drug-likeness (QED) is 0.380. The summed E-state index contributed by atoms with van der Waals surface area (Å²) < 4.78 is 1.07. The Labute approximate surface area is 45.4 Å². The van der Waals surface area contributed by atoms with Gasteiger partial charge in [-0.25, -0.2) is 0 Å². The predicted molar refractivity (Wildman–Crippen MR) is 32.3 cm³/mol. The molecule has 0 saturated carbocycles. The van der Waals surface area contributed by atoms with Crippen molar-refractivity contribution < 1.29 is 0 Å². The van der Waals surface area contributed by atoms with E-state index in [-0.39, 0.29) is 0 Å². The Hall–Kier alpha value is 0.400. The molecule has 0 aromatic heterocycles. The Morgan fingerprint density at radius 2 is 2.40 bits per heavy atom. The Bertz CT molecular complexity index is 28.1. The van der Waals surface area contributed by atoms with E-state index in [1.807, 2.05) is 0 Å². The molecule has 0 aliphatic rings. The highest BCUT2D eigenvalue weighted by molar-refractivity contribution is 14.1. The van der Waals surface area contributed by atoms with Gasteiger partial charge in [-0.3, -0.25) is 0 Å². The summed E-state index contributed by atoms with van der Waals surface area (Å²) in [6, 6.07) is 0. The van der Waals surface area contributed by atoms with Crippen molar-refractivity contribution in [2.24, 2.45) is 0 Å². The molecular formula is C3H6IN. The van der Waals surface area contributed by atoms with E-state index in [9.17, 15) is 0 Å². The van der Waals surface area contributed by atoms with Crippen molar-refractivity contribution in [2.75, 3.05) is 4.43 Å². The molecule has 0 amide bonds. The number of alkyl halides is 1. The fraction of sp³-hybridized carbons (Fsp3) is 0.667. The lowest BCUT2D eigenvalue weighted by Gasteiger charge is -1.69. The Morgan fingerprint density at radius 3 is 2.40 bits per heavy atom. The first-order valence-electron chi connectivity index (χ1n) is 1.46. The van der Waals surface area contributed by atoms with Crippen LogP contribution in [0.25, 0.3) is 0 Å². The van der Waals surface area contributed by atoms with Crippen LogP contribution in [0.3, 0.4) is 0 Å². The lowest BCUT2D eigenvalue weighted by Crippen LogP contribution is -1.68. The first-order valence-corrected chi connectivity index (χ1v) is 2.99. The number of rotatable bonds is 2. The molecule has 0 saturated heterocycles. The maximum atomic E-state index is 6.47. The average Bonchev–Trinajstić information content (AvgIpc) is 1.41. The highest BCUT2D eigenvalue weighted by Crippen LogP contribution is 1.80. The maximum Gasteiger partial charge on any atom is 0.00446 e. The van der Waals surface area contributed by atoms with Crippen molar-refractivity contribution in [1.29, 1.82) is 5.41 Å². The molecule has 30 valence electrons. The minimum absolute atomic E-state index is 0.917. The van der Waals surface area contributed by atoms with Gasteiger partial charge in [0.15, 0.2) is 0 Å². The number of nitrogens with one attached hydrogen (secondary N) is 1. The summed E-state index contributed by atoms with van der Waals surface area (Å²) in [5, 5.41) is 6.47. The molecular weight excluding hydrogens is 177 g/mol. The zero-order chi connectivity index (χ0) is 4.12. The van der Waals surface area contributed by atoms with Crippen molar-refractivity contribution in [3.63, 3.8) is 0 Å². The summed E-state index contributed by atoms with van der Waals surface area (Å²) in [5.41, 5.74) is 0. The minimum Gasteiger partial charge on any atom is -0.313 e. The lowest BCUT2D eigenvalue weighted by molar-refractivity contribution is 1.34. The summed E-state index contributed by atoms with van der Waals surface area (Å²) in [4.78, 5) is 0. The van der Waals surface area contributed by atoms with Crippen molar-refractivity contribution >= 4 is 28.8 Å². The molecule has 2 heteroatoms. The van der Waals surface area contributed by atoms with Crippen LogP contribution in [0, 0.1) is 5.41 Å². The molecule has 0 bridgehead atoms. The topological polar surface area (TPSA) is 23.9 Å². The predicted octanol–water partition coefficient (Wildman–Crippen LogP) is 1.46. The van der Waals surface area contributed by atoms with E-state index in [4.69, 9.17) is 5.41 Å². The monoisotopic (exact) mass is 183 g/mol. The molecule has 0 heterocycles. The first-order chi connectivity index (χ1) is 2.41. The third kappa shape index (κ3) is 4.40. The van der Waals surface area contributed by atoms with E-state index >= 15 is 0 Å². The van der Waals surface area contributed by atoms with Gasteiger partial charge >= 0.3 is 0 Å². The van der Waals surface area contributed by atoms with Gasteiger partial charge in [-0.05, 0) is 12.6 Å². The lowest BCUT2D eigenvalue weighted by atomic mass is 10.6. The molecule has 0 atom stereocenters. The average molecular weight is 183 g/mol. The van der Waals surface area contributed by atoms with Crippen molar-refractivity contribution in [2.45, 2.75) is 6.42 Å². The normalized spacial score (nSPS) is 7.40. The summed E-state index contributed by atoms with van der Waals surface area (Å²) in [6.45, 7) is 0. The molecule has 5 heavy (non-hydrogen) atoms. The van der Waals surface area contributed by atoms with Crippen LogP contribution in [0.4, 0.5) is 0 Å². The molecule has 1 N–H and O–H groups in total. The van der Waals surface area contributed by atoms with Crippen LogP contribution in [0.2, 0.25) is 0 Å². The Balaban J connectivity index is 2.40. The van der Waals surface area contributed by atoms with Gasteiger partial charge in [0.2, 0.25) is 0 Å². The van der Waals surface area contributed by atoms with Crippen LogP contribution in [0.1, 0.15) is 6.42 Å². The summed E-state index contributed by atoms with van der Waals surface area (Å²) in [5.74, 6) is 0. The second-order valence-electron chi connectivity index (χ2n) is 0.682. The van der Waals surface area contributed by atoms with Gasteiger partial charge in [0, 0.05) is 4.43 Å². The molecule has 1 nitrogen and oxygen atoms in total. The zero-order valence-corrected chi connectivity index (χ0v) is 5.03. The van der Waals surface area contributed by atoms with E-state index in [0.29, 0.717) is 0 Å². The first kappa shape index (κ1) is 5.40. The molecule has 0 aliphatic carbocycles. The van der Waals surface area contributed by atoms with Crippen LogP contribution in [0.5, 0.6) is 0 Å². The van der Waals surface area contributed by atoms with Gasteiger partial charge in [-0.15, -0.1) is 0 Å². The van der Waals surface area contributed by atoms with E-state index in [1.54, 1.807) is 0 Å². The number of hydrogen-bond acceptors (Lipinski definition) is 1. The largest absolute Gasteiger partial charge is 0.313 e. The van der Waals surface area contributed by atoms with Gasteiger partial charge in [0.25, 0.3) is 0 Å². The number of halogens is 1. The van der Waals surface area contributed by atoms with Crippen LogP contribution in [0.15, 0.2) is 0 Å². The van der Waals surface area contributed by atoms with E-state index in [1.165, 1.54) is 6.21 Å². The molecule has 0 spiro atoms. The van der Waals surface area contributed by atoms with Gasteiger partial charge < -0.3 is 5.41 Å². The maximum absolute atomic E-state index is 6.47. The van der Waals surface area contributed by atoms with E-state index < -0.39 is 0 Å². The van der Waals surface area contributed by atoms with Crippen molar-refractivity contribution in [1.82, 2.24) is 0 Å². The fourth-order valence-corrected chi connectivity index (χ4v) is 0.366. The minimum atomic E-state index is 0.917. The van der Waals surface area contributed by atoms with E-state index in [0.717, 1.165) is 10.8 Å². The van der Waals surface area contributed by atoms with Crippen molar-refractivity contribution in [3.05, 3.63) is 0 Å². The fourth-order valence-electron chi connectivity index (χ4n) is 0.0546. The SMILES string of the molecule is N=CCCI. The summed E-state index contributed by atoms with van der Waals surface area (Å²) in [7, 11) is 0. The smallest absolute Gasteiger partial charge is 0.00446 e. The molecule has 0 aliphatic heterocycles. The highest BCUT2D eigenvalue weighted by atomic mass is 127. The second-order valence-corrected chi connectivity index (χ2v) is 1.76. The third-order valence-electron chi connectivity index (χ3n) is 0.253. The molecule has 0 rings (SSSR count). The summed E-state index contributed by atoms with van der Waals surface area (Å²) in [6.07, 6.45) is 2.34. The summed E-state index contributed by atoms with van der Waals surface area (Å²) >= 11 is 2.24. The van der Waals surface area contributed by atoms with Gasteiger partial charge in [-0.2, -0.15) is 0 Å². The molecule has 0 aromatic rings. The van der Waals surface area contributed by atoms with Crippen molar-refractivity contribution in [3.8, 4) is 0 Å². The molecule has 0 unspecified atom stereocenters. The molecule has 0 radical (unpaired) electrons. The highest BCUT2D eigenvalue weighted by Gasteiger charge is 1.65. The van der Waals surface area contributed by atoms with Gasteiger partial charge in [0.1, 0.15) is 0 Å². The van der Waals surface area contributed by atoms with Crippen LogP contribution >= 0.6 is 22.6 Å². The standard InChI is InChI=1S/C3H6IN/c4-2-1-3-5/h3,5H,1-2H2. The molecule has 0 fully saturated rings. The van der Waals surface area contributed by atoms with Crippen LogP contribution < -0.4 is 0 Å². The van der Waals surface area contributed by atoms with Gasteiger partial charge in [0.05, 0.1) is 0 Å².